The van der Waals surface area contributed by atoms with E-state index in [2.05, 4.69) is 10.3 Å². The van der Waals surface area contributed by atoms with Gasteiger partial charge in [0.2, 0.25) is 0 Å². The average molecular weight is 299 g/mol. The standard InChI is InChI=1S/C14H19ClN2O3/c1-2-10(3-4-13(18)19)5-7-17-14(20)12-9-11(15)6-8-16-12/h6,8-10H,2-5,7H2,1H3,(H,17,20)(H,18,19). The first-order valence-corrected chi connectivity index (χ1v) is 7.02. The van der Waals surface area contributed by atoms with E-state index in [0.717, 1.165) is 12.8 Å². The molecule has 1 amide bonds. The maximum atomic E-state index is 11.8. The van der Waals surface area contributed by atoms with Crippen LogP contribution in [0.3, 0.4) is 0 Å². The summed E-state index contributed by atoms with van der Waals surface area (Å²) in [6.07, 6.45) is 3.95. The largest absolute Gasteiger partial charge is 0.481 e. The van der Waals surface area contributed by atoms with Crippen molar-refractivity contribution in [3.63, 3.8) is 0 Å². The van der Waals surface area contributed by atoms with Gasteiger partial charge in [0.25, 0.3) is 5.91 Å². The Hall–Kier alpha value is -1.62. The number of nitrogens with one attached hydrogen (secondary N) is 1. The summed E-state index contributed by atoms with van der Waals surface area (Å²) < 4.78 is 0. The molecule has 110 valence electrons. The first-order valence-electron chi connectivity index (χ1n) is 6.64. The van der Waals surface area contributed by atoms with Gasteiger partial charge in [-0.25, -0.2) is 0 Å². The van der Waals surface area contributed by atoms with Gasteiger partial charge in [-0.05, 0) is 30.9 Å². The number of aliphatic carboxylic acids is 1. The molecule has 1 aromatic heterocycles. The second-order valence-electron chi connectivity index (χ2n) is 4.61. The number of carboxylic acid groups (broad SMARTS) is 1. The van der Waals surface area contributed by atoms with E-state index in [-0.39, 0.29) is 18.0 Å². The van der Waals surface area contributed by atoms with Crippen LogP contribution in [0.1, 0.15) is 43.1 Å². The Morgan fingerprint density at radius 3 is 2.80 bits per heavy atom. The number of carbonyl (C=O) groups excluding carboxylic acids is 1. The van der Waals surface area contributed by atoms with Crippen molar-refractivity contribution in [2.24, 2.45) is 5.92 Å². The molecule has 0 aliphatic carbocycles. The number of carboxylic acids is 1. The van der Waals surface area contributed by atoms with Crippen molar-refractivity contribution in [1.29, 1.82) is 0 Å². The highest BCUT2D eigenvalue weighted by molar-refractivity contribution is 6.30. The van der Waals surface area contributed by atoms with E-state index >= 15 is 0 Å². The van der Waals surface area contributed by atoms with Crippen LogP contribution in [-0.4, -0.2) is 28.5 Å². The van der Waals surface area contributed by atoms with Crippen LogP contribution in [-0.2, 0) is 4.79 Å². The molecule has 0 fully saturated rings. The monoisotopic (exact) mass is 298 g/mol. The lowest BCUT2D eigenvalue weighted by Gasteiger charge is -2.13. The Balaban J connectivity index is 2.35. The zero-order valence-corrected chi connectivity index (χ0v) is 12.2. The Bertz CT molecular complexity index is 465. The van der Waals surface area contributed by atoms with Gasteiger partial charge in [0.15, 0.2) is 0 Å². The van der Waals surface area contributed by atoms with E-state index in [4.69, 9.17) is 16.7 Å². The van der Waals surface area contributed by atoms with Gasteiger partial charge in [-0.2, -0.15) is 0 Å². The Kier molecular flexibility index (Phi) is 7.01. The van der Waals surface area contributed by atoms with Gasteiger partial charge in [0, 0.05) is 24.2 Å². The summed E-state index contributed by atoms with van der Waals surface area (Å²) in [5.74, 6) is -0.741. The molecule has 0 saturated carbocycles. The Morgan fingerprint density at radius 2 is 2.20 bits per heavy atom. The zero-order valence-electron chi connectivity index (χ0n) is 11.4. The van der Waals surface area contributed by atoms with Crippen LogP contribution in [0, 0.1) is 5.92 Å². The minimum Gasteiger partial charge on any atom is -0.481 e. The van der Waals surface area contributed by atoms with Gasteiger partial charge in [0.1, 0.15) is 5.69 Å². The highest BCUT2D eigenvalue weighted by Crippen LogP contribution is 2.14. The number of nitrogens with zero attached hydrogens (tertiary/aromatic N) is 1. The van der Waals surface area contributed by atoms with Crippen LogP contribution in [0.5, 0.6) is 0 Å². The van der Waals surface area contributed by atoms with Crippen LogP contribution >= 0.6 is 11.6 Å². The molecule has 0 aliphatic rings. The minimum absolute atomic E-state index is 0.169. The van der Waals surface area contributed by atoms with Crippen molar-refractivity contribution in [2.45, 2.75) is 32.6 Å². The average Bonchev–Trinajstić information content (AvgIpc) is 2.42. The van der Waals surface area contributed by atoms with Crippen molar-refractivity contribution in [2.75, 3.05) is 6.54 Å². The highest BCUT2D eigenvalue weighted by atomic mass is 35.5. The third kappa shape index (κ3) is 6.02. The van der Waals surface area contributed by atoms with Gasteiger partial charge >= 0.3 is 5.97 Å². The molecule has 1 rings (SSSR count). The number of rotatable bonds is 8. The van der Waals surface area contributed by atoms with Crippen LogP contribution in [0.2, 0.25) is 5.02 Å². The summed E-state index contributed by atoms with van der Waals surface area (Å²) in [6, 6.07) is 3.12. The molecule has 0 aromatic carbocycles. The summed E-state index contributed by atoms with van der Waals surface area (Å²) in [5.41, 5.74) is 0.288. The molecule has 20 heavy (non-hydrogen) atoms. The number of aromatic nitrogens is 1. The number of hydrogen-bond acceptors (Lipinski definition) is 3. The van der Waals surface area contributed by atoms with E-state index in [9.17, 15) is 9.59 Å². The van der Waals surface area contributed by atoms with Gasteiger partial charge in [0.05, 0.1) is 0 Å². The summed E-state index contributed by atoms with van der Waals surface area (Å²) in [6.45, 7) is 2.53. The molecule has 5 nitrogen and oxygen atoms in total. The van der Waals surface area contributed by atoms with Crippen molar-refractivity contribution in [1.82, 2.24) is 10.3 Å². The summed E-state index contributed by atoms with van der Waals surface area (Å²) in [4.78, 5) is 26.3. The Labute approximate surface area is 123 Å². The van der Waals surface area contributed by atoms with Crippen molar-refractivity contribution >= 4 is 23.5 Å². The van der Waals surface area contributed by atoms with Gasteiger partial charge < -0.3 is 10.4 Å². The van der Waals surface area contributed by atoms with E-state index < -0.39 is 5.97 Å². The molecule has 0 bridgehead atoms. The van der Waals surface area contributed by atoms with Gasteiger partial charge in [-0.1, -0.05) is 24.9 Å². The van der Waals surface area contributed by atoms with E-state index in [1.807, 2.05) is 6.92 Å². The number of carbonyl (C=O) groups is 2. The smallest absolute Gasteiger partial charge is 0.303 e. The molecular weight excluding hydrogens is 280 g/mol. The SMILES string of the molecule is CCC(CCNC(=O)c1cc(Cl)ccn1)CCC(=O)O. The molecule has 0 aliphatic heterocycles. The van der Waals surface area contributed by atoms with Crippen molar-refractivity contribution in [3.05, 3.63) is 29.0 Å². The first-order chi connectivity index (χ1) is 9.52. The lowest BCUT2D eigenvalue weighted by molar-refractivity contribution is -0.137. The predicted octanol–water partition coefficient (Wildman–Crippen LogP) is 2.75. The zero-order chi connectivity index (χ0) is 15.0. The molecule has 1 atom stereocenters. The molecule has 0 spiro atoms. The molecule has 1 heterocycles. The molecule has 6 heteroatoms. The number of pyridine rings is 1. The third-order valence-corrected chi connectivity index (χ3v) is 3.37. The third-order valence-electron chi connectivity index (χ3n) is 3.14. The van der Waals surface area contributed by atoms with Crippen LogP contribution < -0.4 is 5.32 Å². The predicted molar refractivity (Wildman–Crippen MR) is 76.8 cm³/mol. The van der Waals surface area contributed by atoms with Crippen molar-refractivity contribution < 1.29 is 14.7 Å². The van der Waals surface area contributed by atoms with E-state index in [0.29, 0.717) is 23.9 Å². The van der Waals surface area contributed by atoms with Crippen LogP contribution in [0.4, 0.5) is 0 Å². The van der Waals surface area contributed by atoms with Crippen molar-refractivity contribution in [3.8, 4) is 0 Å². The van der Waals surface area contributed by atoms with Gasteiger partial charge in [-0.3, -0.25) is 14.6 Å². The lowest BCUT2D eigenvalue weighted by atomic mass is 9.96. The van der Waals surface area contributed by atoms with Crippen LogP contribution in [0.25, 0.3) is 0 Å². The molecule has 1 aromatic rings. The minimum atomic E-state index is -0.782. The highest BCUT2D eigenvalue weighted by Gasteiger charge is 2.11. The van der Waals surface area contributed by atoms with E-state index in [1.165, 1.54) is 12.3 Å². The topological polar surface area (TPSA) is 79.3 Å². The fraction of sp³-hybridized carbons (Fsp3) is 0.500. The quantitative estimate of drug-likeness (QED) is 0.773. The van der Waals surface area contributed by atoms with E-state index in [1.54, 1.807) is 6.07 Å². The fourth-order valence-electron chi connectivity index (χ4n) is 1.89. The maximum Gasteiger partial charge on any atom is 0.303 e. The normalized spacial score (nSPS) is 11.9. The number of halogens is 1. The molecule has 2 N–H and O–H groups in total. The summed E-state index contributed by atoms with van der Waals surface area (Å²) in [7, 11) is 0. The lowest BCUT2D eigenvalue weighted by Crippen LogP contribution is -2.26. The second-order valence-corrected chi connectivity index (χ2v) is 5.05. The number of amides is 1. The number of hydrogen-bond donors (Lipinski definition) is 2. The Morgan fingerprint density at radius 1 is 1.45 bits per heavy atom. The summed E-state index contributed by atoms with van der Waals surface area (Å²) >= 11 is 5.79. The molecule has 0 saturated heterocycles. The summed E-state index contributed by atoms with van der Waals surface area (Å²) in [5, 5.41) is 11.9. The van der Waals surface area contributed by atoms with Crippen LogP contribution in [0.15, 0.2) is 18.3 Å². The fourth-order valence-corrected chi connectivity index (χ4v) is 2.05. The molecule has 0 radical (unpaired) electrons. The first kappa shape index (κ1) is 16.4. The molecule has 1 unspecified atom stereocenters. The molecular formula is C14H19ClN2O3. The second kappa shape index (κ2) is 8.53. The van der Waals surface area contributed by atoms with Gasteiger partial charge in [-0.15, -0.1) is 0 Å². The maximum absolute atomic E-state index is 11.8.